The molecule has 0 aliphatic carbocycles. The highest BCUT2D eigenvalue weighted by Crippen LogP contribution is 2.21. The molecule has 0 radical (unpaired) electrons. The van der Waals surface area contributed by atoms with Crippen LogP contribution in [0.25, 0.3) is 0 Å². The fourth-order valence-corrected chi connectivity index (χ4v) is 3.15. The summed E-state index contributed by atoms with van der Waals surface area (Å²) in [6, 6.07) is 5.55. The molecular weight excluding hydrogens is 346 g/mol. The highest BCUT2D eigenvalue weighted by Gasteiger charge is 2.27. The van der Waals surface area contributed by atoms with Gasteiger partial charge in [-0.25, -0.2) is 4.98 Å². The smallest absolute Gasteiger partial charge is 0.287 e. The molecule has 1 aliphatic heterocycles. The van der Waals surface area contributed by atoms with Gasteiger partial charge in [0.1, 0.15) is 5.69 Å². The highest BCUT2D eigenvalue weighted by atomic mass is 16.5. The monoisotopic (exact) mass is 371 g/mol. The molecule has 2 N–H and O–H groups in total. The average Bonchev–Trinajstić information content (AvgIpc) is 3.10. The number of nitrogens with one attached hydrogen (secondary N) is 2. The number of methoxy groups -OCH3 is 1. The van der Waals surface area contributed by atoms with E-state index in [0.29, 0.717) is 37.8 Å². The van der Waals surface area contributed by atoms with Crippen molar-refractivity contribution in [2.75, 3.05) is 20.3 Å². The first-order valence-corrected chi connectivity index (χ1v) is 9.25. The molecule has 0 spiro atoms. The molecule has 0 aromatic carbocycles. The Kier molecular flexibility index (Phi) is 6.54. The molecule has 0 saturated carbocycles. The molecule has 1 aliphatic rings. The topological polar surface area (TPSA) is 98.1 Å². The number of hydrogen-bond acceptors (Lipinski definition) is 5. The number of fused-ring (bicyclic) bond motifs is 1. The third-order valence-corrected chi connectivity index (χ3v) is 4.50. The Labute approximate surface area is 158 Å². The van der Waals surface area contributed by atoms with Crippen molar-refractivity contribution in [3.8, 4) is 0 Å². The predicted molar refractivity (Wildman–Crippen MR) is 99.4 cm³/mol. The van der Waals surface area contributed by atoms with E-state index in [4.69, 9.17) is 4.74 Å². The van der Waals surface area contributed by atoms with Crippen molar-refractivity contribution in [1.29, 1.82) is 0 Å². The molecule has 0 unspecified atom stereocenters. The van der Waals surface area contributed by atoms with Crippen LogP contribution >= 0.6 is 0 Å². The number of ether oxygens (including phenoxy) is 1. The van der Waals surface area contributed by atoms with Gasteiger partial charge in [-0.3, -0.25) is 14.6 Å². The SMILES string of the molecule is COCCCNC(=O)c1nc(C(=O)NCc2ccccn2)c2n1CCCC2. The van der Waals surface area contributed by atoms with E-state index in [1.54, 1.807) is 13.3 Å². The van der Waals surface area contributed by atoms with Crippen LogP contribution in [0.5, 0.6) is 0 Å². The van der Waals surface area contributed by atoms with E-state index in [-0.39, 0.29) is 11.8 Å². The first kappa shape index (κ1) is 19.0. The Balaban J connectivity index is 1.72. The van der Waals surface area contributed by atoms with Crippen molar-refractivity contribution in [1.82, 2.24) is 25.2 Å². The number of hydrogen-bond donors (Lipinski definition) is 2. The maximum Gasteiger partial charge on any atom is 0.287 e. The van der Waals surface area contributed by atoms with Gasteiger partial charge in [0.2, 0.25) is 0 Å². The van der Waals surface area contributed by atoms with Gasteiger partial charge < -0.3 is 19.9 Å². The fraction of sp³-hybridized carbons (Fsp3) is 0.474. The highest BCUT2D eigenvalue weighted by molar-refractivity contribution is 5.97. The summed E-state index contributed by atoms with van der Waals surface area (Å²) in [4.78, 5) is 33.8. The molecule has 0 fully saturated rings. The van der Waals surface area contributed by atoms with Crippen molar-refractivity contribution in [3.05, 3.63) is 47.3 Å². The summed E-state index contributed by atoms with van der Waals surface area (Å²) in [6.45, 7) is 2.12. The molecule has 0 saturated heterocycles. The lowest BCUT2D eigenvalue weighted by molar-refractivity contribution is 0.0932. The maximum absolute atomic E-state index is 12.7. The first-order chi connectivity index (χ1) is 13.2. The van der Waals surface area contributed by atoms with E-state index in [2.05, 4.69) is 20.6 Å². The Hall–Kier alpha value is -2.74. The van der Waals surface area contributed by atoms with Crippen molar-refractivity contribution < 1.29 is 14.3 Å². The molecule has 2 aromatic heterocycles. The summed E-state index contributed by atoms with van der Waals surface area (Å²) in [6.07, 6.45) is 5.12. The summed E-state index contributed by atoms with van der Waals surface area (Å²) in [5.41, 5.74) is 1.95. The van der Waals surface area contributed by atoms with Gasteiger partial charge in [0.05, 0.1) is 17.9 Å². The van der Waals surface area contributed by atoms with Gasteiger partial charge in [0.15, 0.2) is 5.82 Å². The van der Waals surface area contributed by atoms with Crippen LogP contribution in [0.2, 0.25) is 0 Å². The molecular formula is C19H25N5O3. The van der Waals surface area contributed by atoms with E-state index in [1.165, 1.54) is 0 Å². The minimum Gasteiger partial charge on any atom is -0.385 e. The molecule has 2 amide bonds. The van der Waals surface area contributed by atoms with Gasteiger partial charge in [-0.1, -0.05) is 6.07 Å². The van der Waals surface area contributed by atoms with Crippen LogP contribution < -0.4 is 10.6 Å². The van der Waals surface area contributed by atoms with E-state index >= 15 is 0 Å². The lowest BCUT2D eigenvalue weighted by atomic mass is 10.1. The Morgan fingerprint density at radius 2 is 2.11 bits per heavy atom. The van der Waals surface area contributed by atoms with Crippen LogP contribution in [-0.4, -0.2) is 46.6 Å². The Bertz CT molecular complexity index is 788. The lowest BCUT2D eigenvalue weighted by Crippen LogP contribution is -2.29. The average molecular weight is 371 g/mol. The number of nitrogens with zero attached hydrogens (tertiary/aromatic N) is 3. The predicted octanol–water partition coefficient (Wildman–Crippen LogP) is 1.31. The molecule has 144 valence electrons. The van der Waals surface area contributed by atoms with E-state index in [0.717, 1.165) is 37.1 Å². The normalized spacial score (nSPS) is 13.1. The zero-order valence-electron chi connectivity index (χ0n) is 15.5. The molecule has 8 heteroatoms. The number of carbonyl (C=O) groups excluding carboxylic acids is 2. The second-order valence-electron chi connectivity index (χ2n) is 6.45. The zero-order valence-corrected chi connectivity index (χ0v) is 15.5. The largest absolute Gasteiger partial charge is 0.385 e. The third kappa shape index (κ3) is 4.71. The van der Waals surface area contributed by atoms with Crippen LogP contribution in [0.4, 0.5) is 0 Å². The van der Waals surface area contributed by atoms with Crippen molar-refractivity contribution in [3.63, 3.8) is 0 Å². The number of imidazole rings is 1. The van der Waals surface area contributed by atoms with Gasteiger partial charge >= 0.3 is 0 Å². The summed E-state index contributed by atoms with van der Waals surface area (Å²) in [5, 5.41) is 5.70. The van der Waals surface area contributed by atoms with Crippen LogP contribution in [0.1, 0.15) is 51.8 Å². The number of amides is 2. The summed E-state index contributed by atoms with van der Waals surface area (Å²) in [7, 11) is 1.63. The quantitative estimate of drug-likeness (QED) is 0.682. The molecule has 8 nitrogen and oxygen atoms in total. The number of aromatic nitrogens is 3. The van der Waals surface area contributed by atoms with Gasteiger partial charge in [-0.05, 0) is 37.8 Å². The molecule has 0 atom stereocenters. The van der Waals surface area contributed by atoms with Crippen molar-refractivity contribution in [2.24, 2.45) is 0 Å². The second kappa shape index (κ2) is 9.27. The fourth-order valence-electron chi connectivity index (χ4n) is 3.15. The Morgan fingerprint density at radius 3 is 2.89 bits per heavy atom. The summed E-state index contributed by atoms with van der Waals surface area (Å²) in [5.74, 6) is -0.215. The van der Waals surface area contributed by atoms with Crippen molar-refractivity contribution in [2.45, 2.75) is 38.8 Å². The van der Waals surface area contributed by atoms with Crippen LogP contribution in [0.15, 0.2) is 24.4 Å². The molecule has 3 heterocycles. The van der Waals surface area contributed by atoms with E-state index in [9.17, 15) is 9.59 Å². The number of pyridine rings is 1. The van der Waals surface area contributed by atoms with E-state index in [1.807, 2.05) is 22.8 Å². The third-order valence-electron chi connectivity index (χ3n) is 4.50. The second-order valence-corrected chi connectivity index (χ2v) is 6.45. The summed E-state index contributed by atoms with van der Waals surface area (Å²) < 4.78 is 6.87. The molecule has 3 rings (SSSR count). The van der Waals surface area contributed by atoms with Crippen LogP contribution in [0, 0.1) is 0 Å². The Morgan fingerprint density at radius 1 is 1.22 bits per heavy atom. The van der Waals surface area contributed by atoms with Crippen LogP contribution in [-0.2, 0) is 24.2 Å². The molecule has 27 heavy (non-hydrogen) atoms. The maximum atomic E-state index is 12.7. The van der Waals surface area contributed by atoms with Crippen molar-refractivity contribution >= 4 is 11.8 Å². The standard InChI is InChI=1S/C19H25N5O3/c1-27-12-6-10-21-19(26)17-23-16(15-8-3-5-11-24(15)17)18(25)22-13-14-7-2-4-9-20-14/h2,4,7,9H,3,5-6,8,10-13H2,1H3,(H,21,26)(H,22,25). The van der Waals surface area contributed by atoms with E-state index < -0.39 is 0 Å². The van der Waals surface area contributed by atoms with Crippen LogP contribution in [0.3, 0.4) is 0 Å². The zero-order chi connectivity index (χ0) is 19.1. The lowest BCUT2D eigenvalue weighted by Gasteiger charge is -2.17. The minimum absolute atomic E-state index is 0.252. The summed E-state index contributed by atoms with van der Waals surface area (Å²) >= 11 is 0. The number of rotatable bonds is 8. The molecule has 0 bridgehead atoms. The first-order valence-electron chi connectivity index (χ1n) is 9.25. The van der Waals surface area contributed by atoms with Gasteiger partial charge in [-0.15, -0.1) is 0 Å². The van der Waals surface area contributed by atoms with Gasteiger partial charge in [-0.2, -0.15) is 0 Å². The van der Waals surface area contributed by atoms with Gasteiger partial charge in [0, 0.05) is 33.0 Å². The van der Waals surface area contributed by atoms with Gasteiger partial charge in [0.25, 0.3) is 11.8 Å². The molecule has 2 aromatic rings. The minimum atomic E-state index is -0.273. The number of carbonyl (C=O) groups is 2.